The van der Waals surface area contributed by atoms with Gasteiger partial charge in [-0.15, -0.1) is 0 Å². The molecule has 1 atom stereocenters. The minimum atomic E-state index is 0. The second-order valence-corrected chi connectivity index (χ2v) is 8.84. The van der Waals surface area contributed by atoms with Gasteiger partial charge >= 0.3 is 0 Å². The van der Waals surface area contributed by atoms with Crippen molar-refractivity contribution in [2.75, 3.05) is 26.3 Å². The zero-order valence-electron chi connectivity index (χ0n) is 18.2. The number of nitrogens with one attached hydrogen (secondary N) is 1. The molecule has 0 saturated carbocycles. The summed E-state index contributed by atoms with van der Waals surface area (Å²) >= 11 is 0. The Hall–Kier alpha value is -2.44. The van der Waals surface area contributed by atoms with Crippen molar-refractivity contribution < 1.29 is 28.6 Å². The van der Waals surface area contributed by atoms with Gasteiger partial charge in [0, 0.05) is 30.4 Å². The standard InChI is InChI=1S/C28H27N3.HI/c1-3-9-21(10-4-1)15-17-30-19-25(22-11-5-2-6-12-22)28-27-24(16-18-31(28)20-30)23-13-7-8-14-26(23)29-27;/h1-14,25H,15-20H2;1H. The van der Waals surface area contributed by atoms with Crippen molar-refractivity contribution in [1.82, 2.24) is 9.88 Å². The van der Waals surface area contributed by atoms with Crippen molar-refractivity contribution in [1.29, 1.82) is 0 Å². The molecule has 0 spiro atoms. The van der Waals surface area contributed by atoms with Gasteiger partial charge in [-0.2, -0.15) is 0 Å². The molecule has 4 heteroatoms. The van der Waals surface area contributed by atoms with Crippen LogP contribution in [0.3, 0.4) is 0 Å². The first-order valence-electron chi connectivity index (χ1n) is 11.4. The summed E-state index contributed by atoms with van der Waals surface area (Å²) in [5.74, 6) is 0.387. The summed E-state index contributed by atoms with van der Waals surface area (Å²) in [5, 5.41) is 1.39. The number of aromatic amines is 1. The number of para-hydroxylation sites is 1. The van der Waals surface area contributed by atoms with E-state index in [1.54, 1.807) is 0 Å². The first-order valence-corrected chi connectivity index (χ1v) is 11.4. The molecular formula is C28H28IN3. The largest absolute Gasteiger partial charge is 1.00 e. The van der Waals surface area contributed by atoms with Gasteiger partial charge in [-0.25, -0.2) is 9.48 Å². The van der Waals surface area contributed by atoms with E-state index in [1.807, 2.05) is 0 Å². The van der Waals surface area contributed by atoms with Crippen molar-refractivity contribution in [3.05, 3.63) is 107 Å². The third-order valence-corrected chi connectivity index (χ3v) is 6.95. The average Bonchev–Trinajstić information content (AvgIpc) is 3.22. The number of aromatic nitrogens is 1. The first kappa shape index (κ1) is 21.4. The summed E-state index contributed by atoms with van der Waals surface area (Å²) in [6, 6.07) is 30.7. The number of benzene rings is 3. The molecule has 2 aliphatic heterocycles. The summed E-state index contributed by atoms with van der Waals surface area (Å²) in [6.45, 7) is 4.27. The van der Waals surface area contributed by atoms with Crippen molar-refractivity contribution in [2.45, 2.75) is 18.8 Å². The Morgan fingerprint density at radius 1 is 0.875 bits per heavy atom. The minimum absolute atomic E-state index is 0. The molecule has 0 amide bonds. The molecule has 3 aromatic carbocycles. The van der Waals surface area contributed by atoms with Gasteiger partial charge in [-0.05, 0) is 29.2 Å². The smallest absolute Gasteiger partial charge is 0.210 e. The lowest BCUT2D eigenvalue weighted by Crippen LogP contribution is -3.00. The molecule has 1 aromatic heterocycles. The van der Waals surface area contributed by atoms with Crippen LogP contribution < -0.4 is 24.0 Å². The zero-order valence-corrected chi connectivity index (χ0v) is 20.3. The summed E-state index contributed by atoms with van der Waals surface area (Å²) in [4.78, 5) is 6.43. The monoisotopic (exact) mass is 533 g/mol. The molecule has 0 saturated heterocycles. The number of hydrogen-bond donors (Lipinski definition) is 1. The fourth-order valence-corrected chi connectivity index (χ4v) is 5.43. The zero-order chi connectivity index (χ0) is 20.6. The van der Waals surface area contributed by atoms with E-state index in [1.165, 1.54) is 39.0 Å². The SMILES string of the molecule is [I-].c1ccc(CCN2CC(c3ccccc3)C3=[N+](CCc4c3[nH]c3ccccc43)C2)cc1. The molecule has 0 fully saturated rings. The van der Waals surface area contributed by atoms with E-state index in [-0.39, 0.29) is 24.0 Å². The normalized spacial score (nSPS) is 18.2. The van der Waals surface area contributed by atoms with Gasteiger partial charge in [0.05, 0.1) is 5.92 Å². The van der Waals surface area contributed by atoms with E-state index < -0.39 is 0 Å². The van der Waals surface area contributed by atoms with Gasteiger partial charge in [0.2, 0.25) is 5.71 Å². The van der Waals surface area contributed by atoms with Crippen LogP contribution in [0.2, 0.25) is 0 Å². The van der Waals surface area contributed by atoms with Crippen LogP contribution in [0.1, 0.15) is 28.3 Å². The molecule has 4 aromatic rings. The highest BCUT2D eigenvalue weighted by Gasteiger charge is 2.40. The van der Waals surface area contributed by atoms with Crippen LogP contribution in [0.25, 0.3) is 10.9 Å². The van der Waals surface area contributed by atoms with Crippen LogP contribution in [-0.2, 0) is 12.8 Å². The van der Waals surface area contributed by atoms with Crippen molar-refractivity contribution in [2.24, 2.45) is 0 Å². The van der Waals surface area contributed by atoms with E-state index in [4.69, 9.17) is 0 Å². The molecule has 6 rings (SSSR count). The minimum Gasteiger partial charge on any atom is -1.00 e. The second kappa shape index (κ2) is 9.20. The van der Waals surface area contributed by atoms with E-state index >= 15 is 0 Å². The van der Waals surface area contributed by atoms with E-state index in [0.717, 1.165) is 39.1 Å². The van der Waals surface area contributed by atoms with Gasteiger partial charge < -0.3 is 29.0 Å². The van der Waals surface area contributed by atoms with Crippen LogP contribution in [0.5, 0.6) is 0 Å². The molecule has 0 aliphatic carbocycles. The first-order chi connectivity index (χ1) is 15.4. The van der Waals surface area contributed by atoms with Crippen LogP contribution in [-0.4, -0.2) is 46.5 Å². The number of nitrogens with zero attached hydrogens (tertiary/aromatic N) is 2. The van der Waals surface area contributed by atoms with Gasteiger partial charge in [0.15, 0.2) is 6.67 Å². The van der Waals surface area contributed by atoms with Crippen molar-refractivity contribution in [3.8, 4) is 0 Å². The molecular weight excluding hydrogens is 505 g/mol. The van der Waals surface area contributed by atoms with E-state index in [9.17, 15) is 0 Å². The Bertz CT molecular complexity index is 1240. The number of hydrogen-bond acceptors (Lipinski definition) is 1. The second-order valence-electron chi connectivity index (χ2n) is 8.84. The molecule has 1 N–H and O–H groups in total. The molecule has 3 nitrogen and oxygen atoms in total. The van der Waals surface area contributed by atoms with Crippen LogP contribution >= 0.6 is 0 Å². The Balaban J connectivity index is 0.00000216. The van der Waals surface area contributed by atoms with Gasteiger partial charge in [0.1, 0.15) is 12.2 Å². The third-order valence-electron chi connectivity index (χ3n) is 6.95. The van der Waals surface area contributed by atoms with Crippen molar-refractivity contribution >= 4 is 16.6 Å². The number of halogens is 1. The lowest BCUT2D eigenvalue weighted by molar-refractivity contribution is -0.556. The Morgan fingerprint density at radius 2 is 1.59 bits per heavy atom. The van der Waals surface area contributed by atoms with Crippen LogP contribution in [0, 0.1) is 0 Å². The van der Waals surface area contributed by atoms with Crippen LogP contribution in [0.4, 0.5) is 0 Å². The Kier molecular flexibility index (Phi) is 6.15. The van der Waals surface area contributed by atoms with Crippen LogP contribution in [0.15, 0.2) is 84.9 Å². The summed E-state index contributed by atoms with van der Waals surface area (Å²) < 4.78 is 2.63. The predicted molar refractivity (Wildman–Crippen MR) is 127 cm³/mol. The highest BCUT2D eigenvalue weighted by atomic mass is 127. The maximum absolute atomic E-state index is 3.79. The average molecular weight is 533 g/mol. The molecule has 2 aliphatic rings. The fourth-order valence-electron chi connectivity index (χ4n) is 5.43. The quantitative estimate of drug-likeness (QED) is 0.314. The Morgan fingerprint density at radius 3 is 2.41 bits per heavy atom. The molecule has 0 radical (unpaired) electrons. The number of rotatable bonds is 4. The molecule has 32 heavy (non-hydrogen) atoms. The van der Waals surface area contributed by atoms with Gasteiger partial charge in [0.25, 0.3) is 0 Å². The summed E-state index contributed by atoms with van der Waals surface area (Å²) in [7, 11) is 0. The molecule has 1 unspecified atom stereocenters. The maximum Gasteiger partial charge on any atom is 0.210 e. The van der Waals surface area contributed by atoms with Gasteiger partial charge in [-0.1, -0.05) is 78.9 Å². The molecule has 0 bridgehead atoms. The molecule has 3 heterocycles. The topological polar surface area (TPSA) is 22.0 Å². The highest BCUT2D eigenvalue weighted by molar-refractivity contribution is 6.07. The molecule has 162 valence electrons. The predicted octanol–water partition coefficient (Wildman–Crippen LogP) is 1.83. The Labute approximate surface area is 206 Å². The third kappa shape index (κ3) is 3.90. The summed E-state index contributed by atoms with van der Waals surface area (Å²) in [5.41, 5.74) is 8.45. The number of fused-ring (bicyclic) bond motifs is 4. The lowest BCUT2D eigenvalue weighted by Gasteiger charge is -2.34. The maximum atomic E-state index is 3.79. The van der Waals surface area contributed by atoms with E-state index in [0.29, 0.717) is 5.92 Å². The van der Waals surface area contributed by atoms with Crippen molar-refractivity contribution in [3.63, 3.8) is 0 Å². The lowest BCUT2D eigenvalue weighted by atomic mass is 9.86. The fraction of sp³-hybridized carbons (Fsp3) is 0.250. The summed E-state index contributed by atoms with van der Waals surface area (Å²) in [6.07, 6.45) is 2.21. The highest BCUT2D eigenvalue weighted by Crippen LogP contribution is 2.33. The van der Waals surface area contributed by atoms with Gasteiger partial charge in [-0.3, -0.25) is 0 Å². The number of H-pyrrole nitrogens is 1. The van der Waals surface area contributed by atoms with E-state index in [2.05, 4.69) is 99.4 Å².